The largest absolute Gasteiger partial charge is 0.495 e. The SMILES string of the molecule is COc1cc2c(cc1NC(=O)CSc1nncn1N)oc1ccccc12. The number of rotatable bonds is 5. The second-order valence-electron chi connectivity index (χ2n) is 5.50. The Balaban J connectivity index is 1.59. The number of aromatic nitrogens is 3. The second-order valence-corrected chi connectivity index (χ2v) is 6.45. The molecule has 4 rings (SSSR count). The molecule has 8 nitrogen and oxygen atoms in total. The summed E-state index contributed by atoms with van der Waals surface area (Å²) < 4.78 is 12.6. The van der Waals surface area contributed by atoms with Gasteiger partial charge in [-0.05, 0) is 12.1 Å². The van der Waals surface area contributed by atoms with Crippen molar-refractivity contribution in [3.63, 3.8) is 0 Å². The molecule has 0 aliphatic rings. The van der Waals surface area contributed by atoms with Crippen LogP contribution in [0.25, 0.3) is 21.9 Å². The highest BCUT2D eigenvalue weighted by Gasteiger charge is 2.15. The number of hydrogen-bond donors (Lipinski definition) is 2. The van der Waals surface area contributed by atoms with Gasteiger partial charge in [-0.2, -0.15) is 0 Å². The summed E-state index contributed by atoms with van der Waals surface area (Å²) in [6, 6.07) is 11.4. The van der Waals surface area contributed by atoms with E-state index in [1.165, 1.54) is 22.8 Å². The first kappa shape index (κ1) is 16.3. The third kappa shape index (κ3) is 2.93. The molecule has 0 saturated heterocycles. The molecule has 0 saturated carbocycles. The lowest BCUT2D eigenvalue weighted by atomic mass is 10.1. The second kappa shape index (κ2) is 6.60. The number of carbonyl (C=O) groups is 1. The number of amides is 1. The van der Waals surface area contributed by atoms with Gasteiger partial charge in [0.2, 0.25) is 11.1 Å². The van der Waals surface area contributed by atoms with E-state index < -0.39 is 0 Å². The molecule has 1 amide bonds. The van der Waals surface area contributed by atoms with E-state index >= 15 is 0 Å². The minimum absolute atomic E-state index is 0.136. The number of nitrogens with one attached hydrogen (secondary N) is 1. The molecule has 0 spiro atoms. The zero-order chi connectivity index (χ0) is 18.1. The van der Waals surface area contributed by atoms with Crippen molar-refractivity contribution in [3.05, 3.63) is 42.7 Å². The number of methoxy groups -OCH3 is 1. The molecule has 2 heterocycles. The van der Waals surface area contributed by atoms with Crippen LogP contribution < -0.4 is 15.9 Å². The minimum atomic E-state index is -0.216. The summed E-state index contributed by atoms with van der Waals surface area (Å²) in [7, 11) is 1.56. The average Bonchev–Trinajstić information content (AvgIpc) is 3.21. The molecular weight excluding hydrogens is 354 g/mol. The lowest BCUT2D eigenvalue weighted by Crippen LogP contribution is -2.16. The minimum Gasteiger partial charge on any atom is -0.495 e. The molecule has 4 aromatic rings. The summed E-state index contributed by atoms with van der Waals surface area (Å²) in [5, 5.41) is 12.7. The van der Waals surface area contributed by atoms with Crippen molar-refractivity contribution in [1.29, 1.82) is 0 Å². The molecule has 0 atom stereocenters. The van der Waals surface area contributed by atoms with Crippen molar-refractivity contribution < 1.29 is 13.9 Å². The molecule has 0 bridgehead atoms. The van der Waals surface area contributed by atoms with Crippen molar-refractivity contribution in [2.24, 2.45) is 0 Å². The fourth-order valence-corrected chi connectivity index (χ4v) is 3.30. The fraction of sp³-hybridized carbons (Fsp3) is 0.118. The van der Waals surface area contributed by atoms with Crippen LogP contribution in [0.4, 0.5) is 5.69 Å². The number of nitrogens with two attached hydrogens (primary N) is 1. The molecule has 132 valence electrons. The van der Waals surface area contributed by atoms with E-state index in [0.717, 1.165) is 16.4 Å². The van der Waals surface area contributed by atoms with Crippen molar-refractivity contribution in [2.75, 3.05) is 24.0 Å². The Kier molecular flexibility index (Phi) is 4.13. The average molecular weight is 369 g/mol. The Labute approximate surface area is 152 Å². The number of hydrogen-bond acceptors (Lipinski definition) is 7. The molecular formula is C17H15N5O3S. The summed E-state index contributed by atoms with van der Waals surface area (Å²) in [6.45, 7) is 0. The van der Waals surface area contributed by atoms with Crippen LogP contribution in [0.5, 0.6) is 5.75 Å². The number of para-hydroxylation sites is 1. The monoisotopic (exact) mass is 369 g/mol. The van der Waals surface area contributed by atoms with Gasteiger partial charge in [0.25, 0.3) is 0 Å². The van der Waals surface area contributed by atoms with Gasteiger partial charge in [0, 0.05) is 16.8 Å². The number of carbonyl (C=O) groups excluding carboxylic acids is 1. The van der Waals surface area contributed by atoms with E-state index in [1.807, 2.05) is 30.3 Å². The Morgan fingerprint density at radius 3 is 2.92 bits per heavy atom. The molecule has 0 aliphatic carbocycles. The summed E-state index contributed by atoms with van der Waals surface area (Å²) in [5.74, 6) is 6.11. The van der Waals surface area contributed by atoms with Gasteiger partial charge < -0.3 is 20.3 Å². The van der Waals surface area contributed by atoms with Crippen LogP contribution in [0.2, 0.25) is 0 Å². The highest BCUT2D eigenvalue weighted by atomic mass is 32.2. The maximum absolute atomic E-state index is 12.3. The highest BCUT2D eigenvalue weighted by molar-refractivity contribution is 7.99. The number of furan rings is 1. The smallest absolute Gasteiger partial charge is 0.234 e. The van der Waals surface area contributed by atoms with Crippen LogP contribution in [0, 0.1) is 0 Å². The van der Waals surface area contributed by atoms with Crippen LogP contribution >= 0.6 is 11.8 Å². The third-order valence-corrected chi connectivity index (χ3v) is 4.80. The first-order valence-corrected chi connectivity index (χ1v) is 8.71. The normalized spacial score (nSPS) is 11.1. The van der Waals surface area contributed by atoms with Gasteiger partial charge in [-0.15, -0.1) is 10.2 Å². The van der Waals surface area contributed by atoms with E-state index in [4.69, 9.17) is 15.0 Å². The number of thioether (sulfide) groups is 1. The van der Waals surface area contributed by atoms with E-state index in [1.54, 1.807) is 13.2 Å². The third-order valence-electron chi connectivity index (χ3n) is 3.85. The van der Waals surface area contributed by atoms with Crippen LogP contribution in [0.1, 0.15) is 0 Å². The quantitative estimate of drug-likeness (QED) is 0.411. The summed E-state index contributed by atoms with van der Waals surface area (Å²) in [4.78, 5) is 12.3. The first-order valence-electron chi connectivity index (χ1n) is 7.72. The number of nitrogens with zero attached hydrogens (tertiary/aromatic N) is 3. The molecule has 0 unspecified atom stereocenters. The maximum Gasteiger partial charge on any atom is 0.234 e. The first-order chi connectivity index (χ1) is 12.7. The van der Waals surface area contributed by atoms with Gasteiger partial charge in [0.05, 0.1) is 18.6 Å². The topological polar surface area (TPSA) is 108 Å². The predicted molar refractivity (Wildman–Crippen MR) is 99.8 cm³/mol. The zero-order valence-electron chi connectivity index (χ0n) is 13.8. The summed E-state index contributed by atoms with van der Waals surface area (Å²) in [6.07, 6.45) is 1.37. The molecule has 9 heteroatoms. The maximum atomic E-state index is 12.3. The summed E-state index contributed by atoms with van der Waals surface area (Å²) >= 11 is 1.19. The lowest BCUT2D eigenvalue weighted by Gasteiger charge is -2.10. The molecule has 0 fully saturated rings. The molecule has 3 N–H and O–H groups in total. The number of ether oxygens (including phenoxy) is 1. The van der Waals surface area contributed by atoms with Crippen molar-refractivity contribution in [1.82, 2.24) is 14.9 Å². The Morgan fingerprint density at radius 1 is 1.31 bits per heavy atom. The number of benzene rings is 2. The highest BCUT2D eigenvalue weighted by Crippen LogP contribution is 2.36. The molecule has 26 heavy (non-hydrogen) atoms. The van der Waals surface area contributed by atoms with Gasteiger partial charge >= 0.3 is 0 Å². The molecule has 2 aromatic heterocycles. The van der Waals surface area contributed by atoms with Crippen LogP contribution in [0.15, 0.2) is 52.3 Å². The fourth-order valence-electron chi connectivity index (χ4n) is 2.67. The van der Waals surface area contributed by atoms with E-state index in [2.05, 4.69) is 15.5 Å². The lowest BCUT2D eigenvalue weighted by molar-refractivity contribution is -0.113. The molecule has 0 aliphatic heterocycles. The van der Waals surface area contributed by atoms with Crippen LogP contribution in [0.3, 0.4) is 0 Å². The van der Waals surface area contributed by atoms with Gasteiger partial charge in [0.15, 0.2) is 0 Å². The zero-order valence-corrected chi connectivity index (χ0v) is 14.6. The predicted octanol–water partition coefficient (Wildman–Crippen LogP) is 2.63. The van der Waals surface area contributed by atoms with E-state index in [0.29, 0.717) is 22.2 Å². The molecule has 2 aromatic carbocycles. The number of fused-ring (bicyclic) bond motifs is 3. The van der Waals surface area contributed by atoms with Crippen LogP contribution in [-0.2, 0) is 4.79 Å². The van der Waals surface area contributed by atoms with Gasteiger partial charge in [0.1, 0.15) is 23.2 Å². The van der Waals surface area contributed by atoms with Crippen molar-refractivity contribution in [3.8, 4) is 5.75 Å². The molecule has 0 radical (unpaired) electrons. The van der Waals surface area contributed by atoms with E-state index in [9.17, 15) is 4.79 Å². The number of anilines is 1. The van der Waals surface area contributed by atoms with Crippen LogP contribution in [-0.4, -0.2) is 33.6 Å². The number of nitrogen functional groups attached to an aromatic ring is 1. The van der Waals surface area contributed by atoms with Gasteiger partial charge in [-0.3, -0.25) is 4.79 Å². The standard InChI is InChI=1S/C17H15N5O3S/c1-24-15-6-11-10-4-2-3-5-13(10)25-14(11)7-12(15)20-16(23)8-26-17-21-19-9-22(17)18/h2-7,9H,8,18H2,1H3,(H,20,23). The Morgan fingerprint density at radius 2 is 2.15 bits per heavy atom. The van der Waals surface area contributed by atoms with Gasteiger partial charge in [-0.25, -0.2) is 4.68 Å². The van der Waals surface area contributed by atoms with Crippen molar-refractivity contribution >= 4 is 45.3 Å². The summed E-state index contributed by atoms with van der Waals surface area (Å²) in [5.41, 5.74) is 2.00. The Hall–Kier alpha value is -3.20. The van der Waals surface area contributed by atoms with Gasteiger partial charge in [-0.1, -0.05) is 30.0 Å². The Bertz CT molecular complexity index is 1100. The van der Waals surface area contributed by atoms with E-state index in [-0.39, 0.29) is 11.7 Å². The van der Waals surface area contributed by atoms with Crippen molar-refractivity contribution in [2.45, 2.75) is 5.16 Å².